The van der Waals surface area contributed by atoms with Crippen LogP contribution in [0.25, 0.3) is 10.9 Å². The highest BCUT2D eigenvalue weighted by Gasteiger charge is 2.45. The maximum absolute atomic E-state index is 13.7. The summed E-state index contributed by atoms with van der Waals surface area (Å²) in [6.07, 6.45) is -6.75. The minimum Gasteiger partial charge on any atom is -0.368 e. The lowest BCUT2D eigenvalue weighted by molar-refractivity contribution is -0.177. The van der Waals surface area contributed by atoms with Gasteiger partial charge in [0, 0.05) is 42.9 Å². The predicted octanol–water partition coefficient (Wildman–Crippen LogP) is 3.15. The minimum atomic E-state index is -4.46. The third kappa shape index (κ3) is 4.43. The number of anilines is 1. The third-order valence-corrected chi connectivity index (χ3v) is 6.10. The SMILES string of the molecule is NCc1ccc(N2CC(NC(=O)N3CC(F)C(F)C3)CC(C(F)(F)F)C2)c2cccnc12. The molecule has 0 bridgehead atoms. The van der Waals surface area contributed by atoms with Crippen LogP contribution in [0.15, 0.2) is 30.5 Å². The van der Waals surface area contributed by atoms with Gasteiger partial charge >= 0.3 is 12.2 Å². The molecule has 0 radical (unpaired) electrons. The fourth-order valence-electron chi connectivity index (χ4n) is 4.45. The topological polar surface area (TPSA) is 74.5 Å². The van der Waals surface area contributed by atoms with Crippen LogP contribution in [0.2, 0.25) is 0 Å². The molecule has 0 spiro atoms. The number of aromatic nitrogens is 1. The van der Waals surface area contributed by atoms with Crippen molar-refractivity contribution in [1.82, 2.24) is 15.2 Å². The average Bonchev–Trinajstić information content (AvgIpc) is 3.10. The molecule has 1 aromatic carbocycles. The summed E-state index contributed by atoms with van der Waals surface area (Å²) in [6, 6.07) is 5.32. The lowest BCUT2D eigenvalue weighted by Crippen LogP contribution is -2.56. The molecule has 11 heteroatoms. The number of piperidine rings is 1. The molecule has 1 aromatic heterocycles. The van der Waals surface area contributed by atoms with Crippen molar-refractivity contribution in [2.75, 3.05) is 31.1 Å². The van der Waals surface area contributed by atoms with Gasteiger partial charge in [0.05, 0.1) is 24.5 Å². The first-order chi connectivity index (χ1) is 15.2. The Morgan fingerprint density at radius 1 is 1.12 bits per heavy atom. The molecule has 2 amide bonds. The second kappa shape index (κ2) is 8.68. The van der Waals surface area contributed by atoms with Crippen LogP contribution in [0.5, 0.6) is 0 Å². The summed E-state index contributed by atoms with van der Waals surface area (Å²) >= 11 is 0. The highest BCUT2D eigenvalue weighted by Crippen LogP contribution is 2.37. The lowest BCUT2D eigenvalue weighted by Gasteiger charge is -2.40. The number of pyridine rings is 1. The summed E-state index contributed by atoms with van der Waals surface area (Å²) in [5.41, 5.74) is 7.72. The number of hydrogen-bond acceptors (Lipinski definition) is 4. The summed E-state index contributed by atoms with van der Waals surface area (Å²) in [6.45, 7) is -0.745. The molecule has 0 saturated carbocycles. The van der Waals surface area contributed by atoms with Crippen molar-refractivity contribution in [1.29, 1.82) is 0 Å². The van der Waals surface area contributed by atoms with Crippen molar-refractivity contribution in [3.8, 4) is 0 Å². The summed E-state index contributed by atoms with van der Waals surface area (Å²) in [5.74, 6) is -1.68. The van der Waals surface area contributed by atoms with E-state index in [4.69, 9.17) is 5.73 Å². The van der Waals surface area contributed by atoms with E-state index in [-0.39, 0.29) is 26.1 Å². The van der Waals surface area contributed by atoms with Crippen molar-refractivity contribution >= 4 is 22.6 Å². The molecule has 2 aromatic rings. The molecule has 4 rings (SSSR count). The van der Waals surface area contributed by atoms with E-state index in [2.05, 4.69) is 10.3 Å². The smallest absolute Gasteiger partial charge is 0.368 e. The Labute approximate surface area is 181 Å². The number of nitrogens with two attached hydrogens (primary N) is 1. The quantitative estimate of drug-likeness (QED) is 0.695. The fraction of sp³-hybridized carbons (Fsp3) is 0.524. The number of hydrogen-bond donors (Lipinski definition) is 2. The molecule has 0 aliphatic carbocycles. The molecule has 6 nitrogen and oxygen atoms in total. The number of halogens is 5. The standard InChI is InChI=1S/C21H24F5N5O/c22-16-10-31(11-17(16)23)20(32)29-14-6-13(21(24,25)26)8-30(9-14)18-4-3-12(7-27)19-15(18)2-1-5-28-19/h1-5,13-14,16-17H,6-11,27H2,(H,29,32). The van der Waals surface area contributed by atoms with E-state index in [1.165, 1.54) is 0 Å². The molecule has 2 aliphatic rings. The Kier molecular flexibility index (Phi) is 6.11. The van der Waals surface area contributed by atoms with Crippen LogP contribution in [0.4, 0.5) is 32.4 Å². The highest BCUT2D eigenvalue weighted by molar-refractivity contribution is 5.94. The molecule has 2 saturated heterocycles. The van der Waals surface area contributed by atoms with E-state index in [0.29, 0.717) is 16.6 Å². The molecule has 174 valence electrons. The van der Waals surface area contributed by atoms with Crippen LogP contribution in [0, 0.1) is 5.92 Å². The summed E-state index contributed by atoms with van der Waals surface area (Å²) in [4.78, 5) is 19.3. The van der Waals surface area contributed by atoms with E-state index >= 15 is 0 Å². The van der Waals surface area contributed by atoms with Gasteiger partial charge in [0.1, 0.15) is 0 Å². The summed E-state index contributed by atoms with van der Waals surface area (Å²) < 4.78 is 68.0. The Morgan fingerprint density at radius 3 is 2.50 bits per heavy atom. The highest BCUT2D eigenvalue weighted by atomic mass is 19.4. The van der Waals surface area contributed by atoms with Crippen molar-refractivity contribution < 1.29 is 26.7 Å². The first kappa shape index (κ1) is 22.5. The van der Waals surface area contributed by atoms with Gasteiger partial charge < -0.3 is 20.9 Å². The minimum absolute atomic E-state index is 0.121. The summed E-state index contributed by atoms with van der Waals surface area (Å²) in [7, 11) is 0. The number of alkyl halides is 5. The molecule has 3 heterocycles. The number of nitrogens with one attached hydrogen (secondary N) is 1. The maximum atomic E-state index is 13.7. The number of rotatable bonds is 3. The van der Waals surface area contributed by atoms with Gasteiger partial charge in [-0.1, -0.05) is 6.07 Å². The van der Waals surface area contributed by atoms with Gasteiger partial charge in [-0.3, -0.25) is 4.98 Å². The Hall–Kier alpha value is -2.69. The van der Waals surface area contributed by atoms with E-state index in [1.807, 2.05) is 0 Å². The molecule has 3 N–H and O–H groups in total. The first-order valence-corrected chi connectivity index (χ1v) is 10.4. The number of urea groups is 1. The zero-order valence-corrected chi connectivity index (χ0v) is 17.2. The zero-order chi connectivity index (χ0) is 23.0. The molecule has 2 aliphatic heterocycles. The lowest BCUT2D eigenvalue weighted by atomic mass is 9.92. The van der Waals surface area contributed by atoms with Gasteiger partial charge in [-0.2, -0.15) is 13.2 Å². The van der Waals surface area contributed by atoms with Gasteiger partial charge in [-0.15, -0.1) is 0 Å². The first-order valence-electron chi connectivity index (χ1n) is 10.4. The molecule has 32 heavy (non-hydrogen) atoms. The van der Waals surface area contributed by atoms with Gasteiger partial charge in [0.25, 0.3) is 0 Å². The maximum Gasteiger partial charge on any atom is 0.393 e. The van der Waals surface area contributed by atoms with Crippen molar-refractivity contribution in [2.24, 2.45) is 11.7 Å². The van der Waals surface area contributed by atoms with Crippen LogP contribution >= 0.6 is 0 Å². The van der Waals surface area contributed by atoms with Crippen LogP contribution in [0.3, 0.4) is 0 Å². The van der Waals surface area contributed by atoms with E-state index in [9.17, 15) is 26.7 Å². The van der Waals surface area contributed by atoms with Crippen molar-refractivity contribution in [2.45, 2.75) is 37.5 Å². The van der Waals surface area contributed by atoms with Crippen molar-refractivity contribution in [3.05, 3.63) is 36.0 Å². The van der Waals surface area contributed by atoms with Gasteiger partial charge in [-0.25, -0.2) is 13.6 Å². The molecule has 2 fully saturated rings. The number of amides is 2. The summed E-state index contributed by atoms with van der Waals surface area (Å²) in [5, 5.41) is 3.22. The Balaban J connectivity index is 1.60. The number of carbonyl (C=O) groups is 1. The van der Waals surface area contributed by atoms with Gasteiger partial charge in [0.2, 0.25) is 0 Å². The third-order valence-electron chi connectivity index (χ3n) is 6.10. The van der Waals surface area contributed by atoms with Crippen LogP contribution in [0.1, 0.15) is 12.0 Å². The monoisotopic (exact) mass is 457 g/mol. The predicted molar refractivity (Wildman–Crippen MR) is 110 cm³/mol. The van der Waals surface area contributed by atoms with E-state index in [0.717, 1.165) is 10.5 Å². The molecular weight excluding hydrogens is 433 g/mol. The number of benzene rings is 1. The Morgan fingerprint density at radius 2 is 1.84 bits per heavy atom. The van der Waals surface area contributed by atoms with Gasteiger partial charge in [0.15, 0.2) is 12.3 Å². The number of fused-ring (bicyclic) bond motifs is 1. The van der Waals surface area contributed by atoms with Crippen LogP contribution in [-0.4, -0.2) is 66.7 Å². The van der Waals surface area contributed by atoms with Crippen molar-refractivity contribution in [3.63, 3.8) is 0 Å². The second-order valence-corrected chi connectivity index (χ2v) is 8.31. The molecular formula is C21H24F5N5O. The average molecular weight is 457 g/mol. The second-order valence-electron chi connectivity index (χ2n) is 8.31. The van der Waals surface area contributed by atoms with E-state index in [1.54, 1.807) is 35.4 Å². The van der Waals surface area contributed by atoms with E-state index < -0.39 is 49.6 Å². The zero-order valence-electron chi connectivity index (χ0n) is 17.2. The fourth-order valence-corrected chi connectivity index (χ4v) is 4.45. The Bertz CT molecular complexity index is 977. The number of likely N-dealkylation sites (tertiary alicyclic amines) is 1. The van der Waals surface area contributed by atoms with Crippen LogP contribution in [-0.2, 0) is 6.54 Å². The molecule has 4 unspecified atom stereocenters. The number of carbonyl (C=O) groups excluding carboxylic acids is 1. The number of nitrogens with zero attached hydrogens (tertiary/aromatic N) is 3. The normalized spacial score (nSPS) is 26.6. The van der Waals surface area contributed by atoms with Crippen LogP contribution < -0.4 is 16.0 Å². The largest absolute Gasteiger partial charge is 0.393 e. The molecule has 4 atom stereocenters. The van der Waals surface area contributed by atoms with Gasteiger partial charge in [-0.05, 0) is 30.2 Å².